The third-order valence-corrected chi connectivity index (χ3v) is 8.54. The highest BCUT2D eigenvalue weighted by Crippen LogP contribution is 2.41. The summed E-state index contributed by atoms with van der Waals surface area (Å²) in [7, 11) is 0. The lowest BCUT2D eigenvalue weighted by Crippen LogP contribution is -2.47. The Labute approximate surface area is 223 Å². The summed E-state index contributed by atoms with van der Waals surface area (Å²) >= 11 is 0. The van der Waals surface area contributed by atoms with E-state index in [9.17, 15) is 10.1 Å². The molecule has 2 saturated carbocycles. The zero-order valence-electron chi connectivity index (χ0n) is 21.9. The second-order valence-corrected chi connectivity index (χ2v) is 10.9. The molecule has 3 aromatic rings. The van der Waals surface area contributed by atoms with Gasteiger partial charge in [-0.2, -0.15) is 10.4 Å². The molecule has 2 aromatic heterocycles. The molecule has 0 spiro atoms. The summed E-state index contributed by atoms with van der Waals surface area (Å²) in [4.78, 5) is 20.2. The molecule has 3 heterocycles. The van der Waals surface area contributed by atoms with Gasteiger partial charge in [0.15, 0.2) is 0 Å². The van der Waals surface area contributed by atoms with Crippen molar-refractivity contribution >= 4 is 11.6 Å². The van der Waals surface area contributed by atoms with Crippen molar-refractivity contribution in [2.45, 2.75) is 62.8 Å². The van der Waals surface area contributed by atoms with Gasteiger partial charge < -0.3 is 10.1 Å². The minimum atomic E-state index is -0.571. The van der Waals surface area contributed by atoms with Crippen LogP contribution in [-0.2, 0) is 10.2 Å². The molecular formula is C30H34N6O2. The second kappa shape index (κ2) is 10.3. The van der Waals surface area contributed by atoms with Crippen LogP contribution in [0.2, 0.25) is 0 Å². The first-order valence-electron chi connectivity index (χ1n) is 13.7. The normalized spacial score (nSPS) is 24.1. The molecule has 3 fully saturated rings. The third-order valence-electron chi connectivity index (χ3n) is 8.54. The van der Waals surface area contributed by atoms with Gasteiger partial charge in [0.1, 0.15) is 0 Å². The summed E-state index contributed by atoms with van der Waals surface area (Å²) in [6.07, 6.45) is 9.38. The highest BCUT2D eigenvalue weighted by molar-refractivity contribution is 6.04. The molecule has 38 heavy (non-hydrogen) atoms. The zero-order valence-corrected chi connectivity index (χ0v) is 21.9. The van der Waals surface area contributed by atoms with Gasteiger partial charge in [-0.25, -0.2) is 4.68 Å². The number of amides is 1. The standard InChI is InChI=1S/C30H34N6O2/c1-21-27(19-33-36(21)26-7-4-23(5-8-26)22-2-3-22)29(37)34-24-6-9-28(32-18-24)30(20-31)12-10-25(11-13-30)35-14-16-38-17-15-35/h4-9,18-19,22,25H,2-3,10-17H2,1H3,(H,34,37). The Bertz CT molecular complexity index is 1320. The number of carbonyl (C=O) groups is 1. The number of hydrogen-bond donors (Lipinski definition) is 1. The number of rotatable bonds is 6. The molecule has 3 aliphatic rings. The van der Waals surface area contributed by atoms with Crippen LogP contribution in [0, 0.1) is 18.3 Å². The molecule has 196 valence electrons. The molecule has 2 aliphatic carbocycles. The molecule has 1 N–H and O–H groups in total. The van der Waals surface area contributed by atoms with E-state index in [2.05, 4.69) is 50.6 Å². The lowest BCUT2D eigenvalue weighted by atomic mass is 9.71. The Kier molecular flexibility index (Phi) is 6.73. The fourth-order valence-electron chi connectivity index (χ4n) is 5.97. The molecule has 1 saturated heterocycles. The van der Waals surface area contributed by atoms with E-state index in [0.29, 0.717) is 23.2 Å². The lowest BCUT2D eigenvalue weighted by Gasteiger charge is -2.41. The van der Waals surface area contributed by atoms with Gasteiger partial charge in [0.25, 0.3) is 5.91 Å². The summed E-state index contributed by atoms with van der Waals surface area (Å²) < 4.78 is 7.29. The van der Waals surface area contributed by atoms with Gasteiger partial charge in [0.2, 0.25) is 0 Å². The number of hydrogen-bond acceptors (Lipinski definition) is 6. The summed E-state index contributed by atoms with van der Waals surface area (Å²) in [5.74, 6) is 0.483. The van der Waals surface area contributed by atoms with E-state index in [0.717, 1.165) is 69.1 Å². The van der Waals surface area contributed by atoms with Crippen molar-refractivity contribution in [2.75, 3.05) is 31.6 Å². The monoisotopic (exact) mass is 510 g/mol. The van der Waals surface area contributed by atoms with Crippen LogP contribution in [0.25, 0.3) is 5.69 Å². The van der Waals surface area contributed by atoms with Gasteiger partial charge in [0.05, 0.1) is 65.4 Å². The molecule has 0 atom stereocenters. The first-order chi connectivity index (χ1) is 18.6. The third kappa shape index (κ3) is 4.84. The first-order valence-corrected chi connectivity index (χ1v) is 13.7. The van der Waals surface area contributed by atoms with Gasteiger partial charge in [-0.05, 0) is 81.2 Å². The van der Waals surface area contributed by atoms with Crippen LogP contribution < -0.4 is 5.32 Å². The highest BCUT2D eigenvalue weighted by atomic mass is 16.5. The quantitative estimate of drug-likeness (QED) is 0.515. The van der Waals surface area contributed by atoms with Crippen LogP contribution in [0.4, 0.5) is 5.69 Å². The number of aromatic nitrogens is 3. The number of nitrogens with one attached hydrogen (secondary N) is 1. The predicted molar refractivity (Wildman–Crippen MR) is 144 cm³/mol. The van der Waals surface area contributed by atoms with Crippen LogP contribution in [0.3, 0.4) is 0 Å². The first kappa shape index (κ1) is 24.8. The van der Waals surface area contributed by atoms with Crippen LogP contribution >= 0.6 is 0 Å². The highest BCUT2D eigenvalue weighted by Gasteiger charge is 2.40. The van der Waals surface area contributed by atoms with Crippen molar-refractivity contribution in [1.82, 2.24) is 19.7 Å². The van der Waals surface area contributed by atoms with Crippen molar-refractivity contribution in [3.63, 3.8) is 0 Å². The van der Waals surface area contributed by atoms with Gasteiger partial charge in [-0.1, -0.05) is 12.1 Å². The van der Waals surface area contributed by atoms with E-state index >= 15 is 0 Å². The maximum atomic E-state index is 13.1. The van der Waals surface area contributed by atoms with Crippen LogP contribution in [0.1, 0.15) is 71.8 Å². The molecule has 6 rings (SSSR count). The molecule has 0 unspecified atom stereocenters. The zero-order chi connectivity index (χ0) is 26.1. The van der Waals surface area contributed by atoms with Crippen LogP contribution in [-0.4, -0.2) is 57.9 Å². The minimum absolute atomic E-state index is 0.223. The smallest absolute Gasteiger partial charge is 0.259 e. The molecule has 8 nitrogen and oxygen atoms in total. The van der Waals surface area contributed by atoms with Crippen LogP contribution in [0.15, 0.2) is 48.8 Å². The van der Waals surface area contributed by atoms with Gasteiger partial charge >= 0.3 is 0 Å². The summed E-state index contributed by atoms with van der Waals surface area (Å²) in [6.45, 7) is 5.44. The summed E-state index contributed by atoms with van der Waals surface area (Å²) in [5.41, 5.74) is 4.45. The van der Waals surface area contributed by atoms with Gasteiger partial charge in [-0.15, -0.1) is 0 Å². The van der Waals surface area contributed by atoms with Crippen LogP contribution in [0.5, 0.6) is 0 Å². The predicted octanol–water partition coefficient (Wildman–Crippen LogP) is 4.74. The molecule has 0 radical (unpaired) electrons. The van der Waals surface area contributed by atoms with E-state index in [-0.39, 0.29) is 5.91 Å². The maximum Gasteiger partial charge on any atom is 0.259 e. The second-order valence-electron chi connectivity index (χ2n) is 10.9. The Morgan fingerprint density at radius 2 is 1.79 bits per heavy atom. The molecule has 0 bridgehead atoms. The number of carbonyl (C=O) groups excluding carboxylic acids is 1. The Balaban J connectivity index is 1.10. The summed E-state index contributed by atoms with van der Waals surface area (Å²) in [6, 6.07) is 15.3. The molecule has 8 heteroatoms. The number of ether oxygens (including phenoxy) is 1. The Morgan fingerprint density at radius 1 is 1.05 bits per heavy atom. The average Bonchev–Trinajstić information content (AvgIpc) is 3.75. The van der Waals surface area contributed by atoms with Gasteiger partial charge in [-0.3, -0.25) is 14.7 Å². The Morgan fingerprint density at radius 3 is 2.42 bits per heavy atom. The van der Waals surface area contributed by atoms with Gasteiger partial charge in [0, 0.05) is 19.1 Å². The Hall–Kier alpha value is -3.54. The molecule has 1 aromatic carbocycles. The summed E-state index contributed by atoms with van der Waals surface area (Å²) in [5, 5.41) is 17.5. The molecular weight excluding hydrogens is 476 g/mol. The number of nitriles is 1. The fourth-order valence-corrected chi connectivity index (χ4v) is 5.97. The van der Waals surface area contributed by atoms with E-state index < -0.39 is 5.41 Å². The van der Waals surface area contributed by atoms with Crippen molar-refractivity contribution in [2.24, 2.45) is 0 Å². The van der Waals surface area contributed by atoms with E-state index in [1.54, 1.807) is 17.1 Å². The average molecular weight is 511 g/mol. The topological polar surface area (TPSA) is 96.1 Å². The SMILES string of the molecule is Cc1c(C(=O)Nc2ccc(C3(C#N)CCC(N4CCOCC4)CC3)nc2)cnn1-c1ccc(C2CC2)cc1. The van der Waals surface area contributed by atoms with E-state index in [1.165, 1.54) is 18.4 Å². The molecule has 1 amide bonds. The molecule has 1 aliphatic heterocycles. The maximum absolute atomic E-state index is 13.1. The number of pyridine rings is 1. The van der Waals surface area contributed by atoms with Crippen molar-refractivity contribution in [3.8, 4) is 11.8 Å². The van der Waals surface area contributed by atoms with E-state index in [4.69, 9.17) is 4.74 Å². The lowest BCUT2D eigenvalue weighted by molar-refractivity contribution is 0.00493. The largest absolute Gasteiger partial charge is 0.379 e. The number of nitrogens with zero attached hydrogens (tertiary/aromatic N) is 5. The van der Waals surface area contributed by atoms with Crippen molar-refractivity contribution < 1.29 is 9.53 Å². The van der Waals surface area contributed by atoms with E-state index in [1.807, 2.05) is 19.1 Å². The fraction of sp³-hybridized carbons (Fsp3) is 0.467. The van der Waals surface area contributed by atoms with Crippen molar-refractivity contribution in [1.29, 1.82) is 5.26 Å². The number of anilines is 1. The number of morpholine rings is 1. The van der Waals surface area contributed by atoms with Crippen molar-refractivity contribution in [3.05, 3.63) is 71.3 Å². The minimum Gasteiger partial charge on any atom is -0.379 e. The number of benzene rings is 1.